The van der Waals surface area contributed by atoms with Gasteiger partial charge < -0.3 is 20.2 Å². The molecule has 2 N–H and O–H groups in total. The molecule has 0 aromatic carbocycles. The van der Waals surface area contributed by atoms with Crippen LogP contribution in [0.3, 0.4) is 0 Å². The molecule has 1 saturated heterocycles. The molecule has 20 heavy (non-hydrogen) atoms. The molecular weight excluding hydrogens is 258 g/mol. The molecule has 6 nitrogen and oxygen atoms in total. The largest absolute Gasteiger partial charge is 0.481 e. The summed E-state index contributed by atoms with van der Waals surface area (Å²) in [5.74, 6) is -0.935. The number of nitrogens with one attached hydrogen (secondary N) is 1. The van der Waals surface area contributed by atoms with Crippen LogP contribution in [0.1, 0.15) is 20.8 Å². The molecule has 1 heterocycles. The van der Waals surface area contributed by atoms with Gasteiger partial charge >= 0.3 is 12.0 Å². The normalized spacial score (nSPS) is 24.2. The van der Waals surface area contributed by atoms with Gasteiger partial charge in [0, 0.05) is 25.7 Å². The Bertz CT molecular complexity index is 358. The van der Waals surface area contributed by atoms with E-state index in [1.54, 1.807) is 4.90 Å². The average Bonchev–Trinajstić information content (AvgIpc) is 2.69. The van der Waals surface area contributed by atoms with E-state index in [0.29, 0.717) is 19.0 Å². The summed E-state index contributed by atoms with van der Waals surface area (Å²) < 4.78 is 0. The molecule has 3 unspecified atom stereocenters. The molecule has 0 saturated carbocycles. The van der Waals surface area contributed by atoms with E-state index in [0.717, 1.165) is 6.54 Å². The van der Waals surface area contributed by atoms with Gasteiger partial charge in [-0.3, -0.25) is 4.79 Å². The molecular formula is C14H27N3O3. The van der Waals surface area contributed by atoms with Gasteiger partial charge in [0.05, 0.1) is 5.92 Å². The molecule has 3 atom stereocenters. The smallest absolute Gasteiger partial charge is 0.317 e. The molecule has 0 aliphatic carbocycles. The third-order valence-electron chi connectivity index (χ3n) is 3.89. The molecule has 1 aliphatic rings. The van der Waals surface area contributed by atoms with E-state index >= 15 is 0 Å². The third-order valence-corrected chi connectivity index (χ3v) is 3.89. The summed E-state index contributed by atoms with van der Waals surface area (Å²) in [5, 5.41) is 12.1. The van der Waals surface area contributed by atoms with Crippen molar-refractivity contribution in [2.75, 3.05) is 33.7 Å². The Kier molecular flexibility index (Phi) is 5.80. The zero-order valence-electron chi connectivity index (χ0n) is 13.1. The standard InChI is InChI=1S/C14H27N3O3/c1-9(2)12(8-16(4)5)15-14(20)17-6-10(3)11(7-17)13(18)19/h9-12H,6-8H2,1-5H3,(H,15,20)(H,18,19). The van der Waals surface area contributed by atoms with Gasteiger partial charge in [0.15, 0.2) is 0 Å². The van der Waals surface area contributed by atoms with E-state index in [-0.39, 0.29) is 18.0 Å². The van der Waals surface area contributed by atoms with E-state index in [4.69, 9.17) is 5.11 Å². The van der Waals surface area contributed by atoms with Gasteiger partial charge in [-0.25, -0.2) is 4.79 Å². The Morgan fingerprint density at radius 3 is 2.35 bits per heavy atom. The maximum atomic E-state index is 12.3. The molecule has 1 aliphatic heterocycles. The summed E-state index contributed by atoms with van der Waals surface area (Å²) in [6.07, 6.45) is 0. The zero-order chi connectivity index (χ0) is 15.4. The first-order valence-corrected chi connectivity index (χ1v) is 7.15. The lowest BCUT2D eigenvalue weighted by Gasteiger charge is -2.28. The Morgan fingerprint density at radius 1 is 1.35 bits per heavy atom. The van der Waals surface area contributed by atoms with Crippen LogP contribution >= 0.6 is 0 Å². The van der Waals surface area contributed by atoms with Gasteiger partial charge in [0.25, 0.3) is 0 Å². The van der Waals surface area contributed by atoms with Crippen LogP contribution in [0.25, 0.3) is 0 Å². The highest BCUT2D eigenvalue weighted by Crippen LogP contribution is 2.23. The van der Waals surface area contributed by atoms with Crippen LogP contribution in [0.5, 0.6) is 0 Å². The van der Waals surface area contributed by atoms with Crippen molar-refractivity contribution in [3.63, 3.8) is 0 Å². The predicted octanol–water partition coefficient (Wildman–Crippen LogP) is 0.935. The maximum Gasteiger partial charge on any atom is 0.317 e. The van der Waals surface area contributed by atoms with Crippen molar-refractivity contribution in [3.8, 4) is 0 Å². The van der Waals surface area contributed by atoms with Crippen LogP contribution in [0, 0.1) is 17.8 Å². The number of hydrogen-bond donors (Lipinski definition) is 2. The van der Waals surface area contributed by atoms with Gasteiger partial charge in [-0.15, -0.1) is 0 Å². The second-order valence-corrected chi connectivity index (χ2v) is 6.39. The van der Waals surface area contributed by atoms with Crippen LogP contribution < -0.4 is 5.32 Å². The minimum atomic E-state index is -0.818. The summed E-state index contributed by atoms with van der Waals surface area (Å²) in [6.45, 7) is 7.61. The molecule has 0 bridgehead atoms. The SMILES string of the molecule is CC(C)C(CN(C)C)NC(=O)N1CC(C)C(C(=O)O)C1. The van der Waals surface area contributed by atoms with Crippen LogP contribution in [0.15, 0.2) is 0 Å². The topological polar surface area (TPSA) is 72.9 Å². The number of hydrogen-bond acceptors (Lipinski definition) is 3. The summed E-state index contributed by atoms with van der Waals surface area (Å²) in [5.41, 5.74) is 0. The van der Waals surface area contributed by atoms with E-state index in [2.05, 4.69) is 19.2 Å². The summed E-state index contributed by atoms with van der Waals surface area (Å²) in [4.78, 5) is 27.0. The van der Waals surface area contributed by atoms with Crippen LogP contribution in [0.4, 0.5) is 4.79 Å². The maximum absolute atomic E-state index is 12.3. The molecule has 1 fully saturated rings. The number of carbonyl (C=O) groups is 2. The van der Waals surface area contributed by atoms with Gasteiger partial charge in [-0.2, -0.15) is 0 Å². The second kappa shape index (κ2) is 6.92. The summed E-state index contributed by atoms with van der Waals surface area (Å²) in [7, 11) is 3.94. The number of carbonyl (C=O) groups excluding carboxylic acids is 1. The highest BCUT2D eigenvalue weighted by molar-refractivity contribution is 5.77. The number of likely N-dealkylation sites (N-methyl/N-ethyl adjacent to an activating group) is 1. The Hall–Kier alpha value is -1.30. The lowest BCUT2D eigenvalue weighted by molar-refractivity contribution is -0.142. The molecule has 1 rings (SSSR count). The predicted molar refractivity (Wildman–Crippen MR) is 77.6 cm³/mol. The number of carboxylic acids is 1. The van der Waals surface area contributed by atoms with Crippen molar-refractivity contribution in [2.24, 2.45) is 17.8 Å². The summed E-state index contributed by atoms with van der Waals surface area (Å²) in [6, 6.07) is -0.0853. The third kappa shape index (κ3) is 4.37. The number of urea groups is 1. The average molecular weight is 285 g/mol. The van der Waals surface area contributed by atoms with Crippen LogP contribution in [-0.4, -0.2) is 66.7 Å². The number of carboxylic acid groups (broad SMARTS) is 1. The van der Waals surface area contributed by atoms with Gasteiger partial charge in [0.2, 0.25) is 0 Å². The van der Waals surface area contributed by atoms with E-state index in [1.165, 1.54) is 0 Å². The molecule has 6 heteroatoms. The fourth-order valence-corrected chi connectivity index (χ4v) is 2.52. The van der Waals surface area contributed by atoms with E-state index in [1.807, 2.05) is 25.9 Å². The van der Waals surface area contributed by atoms with Crippen molar-refractivity contribution in [3.05, 3.63) is 0 Å². The van der Waals surface area contributed by atoms with Crippen molar-refractivity contribution < 1.29 is 14.7 Å². The highest BCUT2D eigenvalue weighted by Gasteiger charge is 2.37. The Labute approximate surface area is 121 Å². The number of likely N-dealkylation sites (tertiary alicyclic amines) is 1. The van der Waals surface area contributed by atoms with Gasteiger partial charge in [0.1, 0.15) is 0 Å². The zero-order valence-corrected chi connectivity index (χ0v) is 13.1. The van der Waals surface area contributed by atoms with Gasteiger partial charge in [-0.1, -0.05) is 20.8 Å². The summed E-state index contributed by atoms with van der Waals surface area (Å²) >= 11 is 0. The first kappa shape index (κ1) is 16.8. The molecule has 0 spiro atoms. The van der Waals surface area contributed by atoms with Crippen LogP contribution in [0.2, 0.25) is 0 Å². The molecule has 2 amide bonds. The van der Waals surface area contributed by atoms with Crippen LogP contribution in [-0.2, 0) is 4.79 Å². The number of rotatable bonds is 5. The first-order chi connectivity index (χ1) is 9.22. The lowest BCUT2D eigenvalue weighted by atomic mass is 9.99. The van der Waals surface area contributed by atoms with Crippen molar-refractivity contribution in [1.82, 2.24) is 15.1 Å². The molecule has 0 aromatic heterocycles. The van der Waals surface area contributed by atoms with E-state index < -0.39 is 11.9 Å². The minimum Gasteiger partial charge on any atom is -0.481 e. The number of aliphatic carboxylic acids is 1. The van der Waals surface area contributed by atoms with Crippen molar-refractivity contribution in [1.29, 1.82) is 0 Å². The lowest BCUT2D eigenvalue weighted by Crippen LogP contribution is -2.50. The number of amides is 2. The first-order valence-electron chi connectivity index (χ1n) is 7.15. The molecule has 116 valence electrons. The second-order valence-electron chi connectivity index (χ2n) is 6.39. The fraction of sp³-hybridized carbons (Fsp3) is 0.857. The Balaban J connectivity index is 2.60. The van der Waals surface area contributed by atoms with Gasteiger partial charge in [-0.05, 0) is 25.9 Å². The molecule has 0 aromatic rings. The van der Waals surface area contributed by atoms with E-state index in [9.17, 15) is 9.59 Å². The van der Waals surface area contributed by atoms with Crippen molar-refractivity contribution in [2.45, 2.75) is 26.8 Å². The fourth-order valence-electron chi connectivity index (χ4n) is 2.52. The highest BCUT2D eigenvalue weighted by atomic mass is 16.4. The Morgan fingerprint density at radius 2 is 1.95 bits per heavy atom. The molecule has 0 radical (unpaired) electrons. The monoisotopic (exact) mass is 285 g/mol. The number of nitrogens with zero attached hydrogens (tertiary/aromatic N) is 2. The van der Waals surface area contributed by atoms with Crippen molar-refractivity contribution >= 4 is 12.0 Å². The minimum absolute atomic E-state index is 0.00426. The quantitative estimate of drug-likeness (QED) is 0.788.